The third-order valence-corrected chi connectivity index (χ3v) is 3.55. The van der Waals surface area contributed by atoms with Crippen LogP contribution in [0.4, 0.5) is 0 Å². The van der Waals surface area contributed by atoms with Crippen LogP contribution in [0.2, 0.25) is 0 Å². The molecule has 1 fully saturated rings. The average molecular weight is 296 g/mol. The highest BCUT2D eigenvalue weighted by Gasteiger charge is 2.46. The van der Waals surface area contributed by atoms with E-state index in [1.807, 2.05) is 0 Å². The number of rotatable bonds is 3. The quantitative estimate of drug-likeness (QED) is 0.605. The molecule has 2 rings (SSSR count). The Morgan fingerprint density at radius 2 is 2.19 bits per heavy atom. The highest BCUT2D eigenvalue weighted by atomic mass is 16.5. The average Bonchev–Trinajstić information content (AvgIpc) is 2.94. The second-order valence-corrected chi connectivity index (χ2v) is 4.94. The SMILES string of the molecule is COC1=CC(=O)N(C(=O)/C=C2\C[C@](O)(CO)C(=O)N2C)C1. The maximum absolute atomic E-state index is 12.1. The molecule has 0 unspecified atom stereocenters. The molecule has 2 aliphatic heterocycles. The minimum atomic E-state index is -1.91. The van der Waals surface area contributed by atoms with Crippen molar-refractivity contribution >= 4 is 17.7 Å². The molecule has 114 valence electrons. The van der Waals surface area contributed by atoms with Gasteiger partial charge in [-0.2, -0.15) is 0 Å². The van der Waals surface area contributed by atoms with Crippen molar-refractivity contribution in [3.63, 3.8) is 0 Å². The van der Waals surface area contributed by atoms with Gasteiger partial charge in [0, 0.05) is 31.3 Å². The van der Waals surface area contributed by atoms with Crippen LogP contribution in [0.25, 0.3) is 0 Å². The van der Waals surface area contributed by atoms with Crippen LogP contribution in [-0.4, -0.2) is 70.6 Å². The fourth-order valence-corrected chi connectivity index (χ4v) is 2.23. The molecular formula is C13H16N2O6. The molecule has 0 aromatic rings. The molecule has 0 radical (unpaired) electrons. The van der Waals surface area contributed by atoms with Crippen molar-refractivity contribution in [2.24, 2.45) is 0 Å². The topological polar surface area (TPSA) is 107 Å². The first-order valence-corrected chi connectivity index (χ1v) is 6.24. The van der Waals surface area contributed by atoms with E-state index in [-0.39, 0.29) is 18.7 Å². The van der Waals surface area contributed by atoms with Gasteiger partial charge in [0.2, 0.25) is 0 Å². The van der Waals surface area contributed by atoms with Crippen molar-refractivity contribution in [2.75, 3.05) is 27.3 Å². The first-order valence-electron chi connectivity index (χ1n) is 6.24. The van der Waals surface area contributed by atoms with Gasteiger partial charge >= 0.3 is 0 Å². The van der Waals surface area contributed by atoms with Crippen LogP contribution in [0.1, 0.15) is 6.42 Å². The van der Waals surface area contributed by atoms with E-state index in [0.717, 1.165) is 15.9 Å². The molecule has 0 aromatic heterocycles. The summed E-state index contributed by atoms with van der Waals surface area (Å²) < 4.78 is 4.91. The number of aliphatic hydroxyl groups excluding tert-OH is 1. The monoisotopic (exact) mass is 296 g/mol. The molecule has 1 atom stereocenters. The van der Waals surface area contributed by atoms with Crippen molar-refractivity contribution in [2.45, 2.75) is 12.0 Å². The highest BCUT2D eigenvalue weighted by molar-refractivity contribution is 6.07. The van der Waals surface area contributed by atoms with Crippen LogP contribution in [-0.2, 0) is 19.1 Å². The fourth-order valence-electron chi connectivity index (χ4n) is 2.23. The molecule has 2 N–H and O–H groups in total. The van der Waals surface area contributed by atoms with E-state index < -0.39 is 29.9 Å². The largest absolute Gasteiger partial charge is 0.499 e. The Hall–Kier alpha value is -2.19. The molecule has 0 aliphatic carbocycles. The Kier molecular flexibility index (Phi) is 3.84. The van der Waals surface area contributed by atoms with Crippen molar-refractivity contribution in [1.29, 1.82) is 0 Å². The van der Waals surface area contributed by atoms with Crippen molar-refractivity contribution in [1.82, 2.24) is 9.80 Å². The number of imide groups is 1. The second kappa shape index (κ2) is 5.30. The fraction of sp³-hybridized carbons (Fsp3) is 0.462. The molecule has 3 amide bonds. The molecule has 21 heavy (non-hydrogen) atoms. The summed E-state index contributed by atoms with van der Waals surface area (Å²) >= 11 is 0. The van der Waals surface area contributed by atoms with Gasteiger partial charge in [0.15, 0.2) is 5.60 Å². The summed E-state index contributed by atoms with van der Waals surface area (Å²) in [6.45, 7) is -0.709. The first kappa shape index (κ1) is 15.2. The van der Waals surface area contributed by atoms with Gasteiger partial charge in [-0.3, -0.25) is 19.3 Å². The molecule has 0 aromatic carbocycles. The van der Waals surface area contributed by atoms with Crippen LogP contribution in [0.15, 0.2) is 23.6 Å². The summed E-state index contributed by atoms with van der Waals surface area (Å²) in [5.74, 6) is -1.43. The number of likely N-dealkylation sites (tertiary alicyclic amines) is 1. The Balaban J connectivity index is 2.16. The van der Waals surface area contributed by atoms with E-state index >= 15 is 0 Å². The number of aliphatic hydroxyl groups is 2. The summed E-state index contributed by atoms with van der Waals surface area (Å²) in [4.78, 5) is 37.6. The van der Waals surface area contributed by atoms with Gasteiger partial charge in [0.25, 0.3) is 17.7 Å². The molecule has 0 saturated carbocycles. The number of likely N-dealkylation sites (N-methyl/N-ethyl adjacent to an activating group) is 1. The third kappa shape index (κ3) is 2.55. The smallest absolute Gasteiger partial charge is 0.261 e. The summed E-state index contributed by atoms with van der Waals surface area (Å²) in [6.07, 6.45) is 2.14. The van der Waals surface area contributed by atoms with E-state index in [1.54, 1.807) is 0 Å². The predicted octanol–water partition coefficient (Wildman–Crippen LogP) is -1.65. The second-order valence-electron chi connectivity index (χ2n) is 4.94. The summed E-state index contributed by atoms with van der Waals surface area (Å²) in [7, 11) is 2.79. The zero-order valence-corrected chi connectivity index (χ0v) is 11.7. The molecule has 2 heterocycles. The maximum Gasteiger partial charge on any atom is 0.261 e. The normalized spacial score (nSPS) is 27.6. The van der Waals surface area contributed by atoms with E-state index in [4.69, 9.17) is 9.84 Å². The summed E-state index contributed by atoms with van der Waals surface area (Å²) in [5, 5.41) is 19.0. The van der Waals surface area contributed by atoms with Crippen molar-refractivity contribution in [3.8, 4) is 0 Å². The highest BCUT2D eigenvalue weighted by Crippen LogP contribution is 2.30. The zero-order chi connectivity index (χ0) is 15.8. The van der Waals surface area contributed by atoms with Gasteiger partial charge in [-0.15, -0.1) is 0 Å². The van der Waals surface area contributed by atoms with E-state index in [9.17, 15) is 19.5 Å². The van der Waals surface area contributed by atoms with Gasteiger partial charge in [0.05, 0.1) is 20.3 Å². The Labute approximate surface area is 120 Å². The first-order chi connectivity index (χ1) is 9.82. The molecule has 0 bridgehead atoms. The third-order valence-electron chi connectivity index (χ3n) is 3.55. The number of carbonyl (C=O) groups is 3. The lowest BCUT2D eigenvalue weighted by molar-refractivity contribution is -0.145. The van der Waals surface area contributed by atoms with Crippen LogP contribution in [0, 0.1) is 0 Å². The number of carbonyl (C=O) groups excluding carboxylic acids is 3. The van der Waals surface area contributed by atoms with Gasteiger partial charge < -0.3 is 19.8 Å². The molecule has 0 spiro atoms. The lowest BCUT2D eigenvalue weighted by atomic mass is 10.0. The Morgan fingerprint density at radius 1 is 1.52 bits per heavy atom. The van der Waals surface area contributed by atoms with Gasteiger partial charge in [-0.25, -0.2) is 0 Å². The number of hydrogen-bond donors (Lipinski definition) is 2. The molecule has 1 saturated heterocycles. The minimum absolute atomic E-state index is 0.0277. The lowest BCUT2D eigenvalue weighted by Gasteiger charge is -2.16. The number of hydrogen-bond acceptors (Lipinski definition) is 6. The van der Waals surface area contributed by atoms with Gasteiger partial charge in [0.1, 0.15) is 5.76 Å². The van der Waals surface area contributed by atoms with Crippen molar-refractivity contribution < 1.29 is 29.3 Å². The van der Waals surface area contributed by atoms with Crippen LogP contribution in [0.3, 0.4) is 0 Å². The molecule has 8 heteroatoms. The molecule has 8 nitrogen and oxygen atoms in total. The van der Waals surface area contributed by atoms with Gasteiger partial charge in [-0.1, -0.05) is 0 Å². The standard InChI is InChI=1S/C13H16N2O6/c1-14-8(5-13(20,7-16)12(14)19)3-10(17)15-6-9(21-2)4-11(15)18/h3-4,16,20H,5-7H2,1-2H3/b8-3+/t13-/m0/s1. The van der Waals surface area contributed by atoms with Crippen LogP contribution >= 0.6 is 0 Å². The Bertz CT molecular complexity index is 567. The van der Waals surface area contributed by atoms with E-state index in [2.05, 4.69) is 0 Å². The van der Waals surface area contributed by atoms with Gasteiger partial charge in [-0.05, 0) is 0 Å². The predicted molar refractivity (Wildman–Crippen MR) is 69.3 cm³/mol. The van der Waals surface area contributed by atoms with Crippen LogP contribution in [0.5, 0.6) is 0 Å². The number of amides is 3. The maximum atomic E-state index is 12.1. The van der Waals surface area contributed by atoms with Crippen LogP contribution < -0.4 is 0 Å². The van der Waals surface area contributed by atoms with Crippen molar-refractivity contribution in [3.05, 3.63) is 23.6 Å². The molecule has 2 aliphatic rings. The number of methoxy groups -OCH3 is 1. The zero-order valence-electron chi connectivity index (χ0n) is 11.7. The van der Waals surface area contributed by atoms with E-state index in [0.29, 0.717) is 5.76 Å². The summed E-state index contributed by atoms with van der Waals surface area (Å²) in [5.41, 5.74) is -1.67. The minimum Gasteiger partial charge on any atom is -0.499 e. The number of ether oxygens (including phenoxy) is 1. The molecular weight excluding hydrogens is 280 g/mol. The number of nitrogens with zero attached hydrogens (tertiary/aromatic N) is 2. The lowest BCUT2D eigenvalue weighted by Crippen LogP contribution is -2.41. The summed E-state index contributed by atoms with van der Waals surface area (Å²) in [6, 6.07) is 0. The van der Waals surface area contributed by atoms with E-state index in [1.165, 1.54) is 20.2 Å². The Morgan fingerprint density at radius 3 is 2.67 bits per heavy atom.